The van der Waals surface area contributed by atoms with Gasteiger partial charge in [0.25, 0.3) is 5.91 Å². The molecule has 2 heterocycles. The van der Waals surface area contributed by atoms with Gasteiger partial charge < -0.3 is 10.1 Å². The van der Waals surface area contributed by atoms with Crippen LogP contribution in [0, 0.1) is 13.8 Å². The highest BCUT2D eigenvalue weighted by Gasteiger charge is 2.17. The first-order valence-electron chi connectivity index (χ1n) is 7.96. The van der Waals surface area contributed by atoms with Crippen LogP contribution in [-0.4, -0.2) is 10.3 Å². The summed E-state index contributed by atoms with van der Waals surface area (Å²) < 4.78 is 2.07. The Bertz CT molecular complexity index is 1090. The molecular weight excluding hydrogens is 296 g/mol. The second kappa shape index (κ2) is 5.24. The van der Waals surface area contributed by atoms with Crippen LogP contribution in [0.25, 0.3) is 27.4 Å². The summed E-state index contributed by atoms with van der Waals surface area (Å²) in [5.74, 6) is -0.394. The van der Waals surface area contributed by atoms with Crippen LogP contribution in [0.4, 0.5) is 0 Å². The quantitative estimate of drug-likeness (QED) is 0.583. The molecule has 0 fully saturated rings. The lowest BCUT2D eigenvalue weighted by Gasteiger charge is -2.12. The zero-order chi connectivity index (χ0) is 16.8. The van der Waals surface area contributed by atoms with Crippen LogP contribution in [-0.2, 0) is 0 Å². The van der Waals surface area contributed by atoms with Crippen molar-refractivity contribution in [2.45, 2.75) is 13.8 Å². The third-order valence-corrected chi connectivity index (χ3v) is 4.56. The maximum absolute atomic E-state index is 11.9. The molecule has 0 aliphatic heterocycles. The molecule has 2 N–H and O–H groups in total. The zero-order valence-electron chi connectivity index (χ0n) is 13.7. The van der Waals surface area contributed by atoms with E-state index >= 15 is 0 Å². The average Bonchev–Trinajstić information content (AvgIpc) is 2.92. The minimum atomic E-state index is -0.394. The van der Waals surface area contributed by atoms with E-state index in [1.807, 2.05) is 31.2 Å². The predicted octanol–water partition coefficient (Wildman–Crippen LogP) is 4.48. The fraction of sp³-hybridized carbons (Fsp3) is 0.0952. The lowest BCUT2D eigenvalue weighted by Crippen LogP contribution is -2.10. The summed E-state index contributed by atoms with van der Waals surface area (Å²) in [5, 5.41) is 2.18. The summed E-state index contributed by atoms with van der Waals surface area (Å²) in [5.41, 5.74) is 11.6. The summed E-state index contributed by atoms with van der Waals surface area (Å²) in [6, 6.07) is 18.5. The van der Waals surface area contributed by atoms with Crippen LogP contribution in [0.3, 0.4) is 0 Å². The Morgan fingerprint density at radius 2 is 1.71 bits per heavy atom. The number of rotatable bonds is 2. The van der Waals surface area contributed by atoms with Crippen LogP contribution >= 0.6 is 0 Å². The zero-order valence-corrected chi connectivity index (χ0v) is 13.7. The van der Waals surface area contributed by atoms with Gasteiger partial charge >= 0.3 is 0 Å². The number of aromatic nitrogens is 1. The van der Waals surface area contributed by atoms with Gasteiger partial charge in [-0.1, -0.05) is 54.1 Å². The number of aryl methyl sites for hydroxylation is 2. The maximum Gasteiger partial charge on any atom is 0.250 e. The third-order valence-electron chi connectivity index (χ3n) is 4.56. The van der Waals surface area contributed by atoms with Crippen molar-refractivity contribution in [1.29, 1.82) is 0 Å². The van der Waals surface area contributed by atoms with Gasteiger partial charge in [0.2, 0.25) is 0 Å². The molecule has 3 nitrogen and oxygen atoms in total. The van der Waals surface area contributed by atoms with Gasteiger partial charge in [-0.3, -0.25) is 4.79 Å². The second-order valence-electron chi connectivity index (χ2n) is 6.24. The Labute approximate surface area is 140 Å². The van der Waals surface area contributed by atoms with E-state index in [2.05, 4.69) is 47.9 Å². The highest BCUT2D eigenvalue weighted by molar-refractivity contribution is 6.12. The van der Waals surface area contributed by atoms with Crippen LogP contribution in [0.1, 0.15) is 21.6 Å². The number of nitrogens with two attached hydrogens (primary N) is 1. The molecule has 0 saturated heterocycles. The Morgan fingerprint density at radius 3 is 2.42 bits per heavy atom. The number of carbonyl (C=O) groups excluding carboxylic acids is 1. The van der Waals surface area contributed by atoms with Crippen molar-refractivity contribution in [1.82, 2.24) is 4.40 Å². The largest absolute Gasteiger partial charge is 0.366 e. The molecule has 0 saturated carbocycles. The Balaban J connectivity index is 2.23. The van der Waals surface area contributed by atoms with Crippen LogP contribution < -0.4 is 5.73 Å². The number of pyridine rings is 1. The van der Waals surface area contributed by atoms with Crippen LogP contribution in [0.2, 0.25) is 0 Å². The molecule has 0 aliphatic carbocycles. The SMILES string of the molecule is Cc1ccc2c(c1)c(-c1ccccc1)cn1c(C)cc(C(N)=O)c21. The summed E-state index contributed by atoms with van der Waals surface area (Å²) in [6.45, 7) is 4.07. The van der Waals surface area contributed by atoms with E-state index in [1.54, 1.807) is 0 Å². The molecule has 1 amide bonds. The molecule has 2 aromatic heterocycles. The van der Waals surface area contributed by atoms with Gasteiger partial charge in [-0.2, -0.15) is 0 Å². The van der Waals surface area contributed by atoms with Gasteiger partial charge in [-0.05, 0) is 30.9 Å². The number of nitrogens with zero attached hydrogens (tertiary/aromatic N) is 1. The molecule has 0 spiro atoms. The first-order chi connectivity index (χ1) is 11.6. The maximum atomic E-state index is 11.9. The van der Waals surface area contributed by atoms with Gasteiger partial charge in [-0.15, -0.1) is 0 Å². The van der Waals surface area contributed by atoms with E-state index in [0.29, 0.717) is 5.56 Å². The molecule has 4 rings (SSSR count). The molecule has 0 radical (unpaired) electrons. The van der Waals surface area contributed by atoms with E-state index in [1.165, 1.54) is 5.56 Å². The van der Waals surface area contributed by atoms with Crippen LogP contribution in [0.15, 0.2) is 60.8 Å². The summed E-state index contributed by atoms with van der Waals surface area (Å²) >= 11 is 0. The number of amides is 1. The van der Waals surface area contributed by atoms with E-state index in [0.717, 1.165) is 33.1 Å². The minimum absolute atomic E-state index is 0.394. The molecule has 0 bridgehead atoms. The highest BCUT2D eigenvalue weighted by Crippen LogP contribution is 2.34. The van der Waals surface area contributed by atoms with Crippen molar-refractivity contribution in [3.05, 3.63) is 77.6 Å². The van der Waals surface area contributed by atoms with Crippen LogP contribution in [0.5, 0.6) is 0 Å². The van der Waals surface area contributed by atoms with Gasteiger partial charge in [0, 0.05) is 22.8 Å². The Morgan fingerprint density at radius 1 is 0.958 bits per heavy atom. The van der Waals surface area contributed by atoms with E-state index in [-0.39, 0.29) is 0 Å². The number of carbonyl (C=O) groups is 1. The fourth-order valence-corrected chi connectivity index (χ4v) is 3.42. The molecule has 0 aliphatic rings. The van der Waals surface area contributed by atoms with Crippen molar-refractivity contribution < 1.29 is 4.79 Å². The van der Waals surface area contributed by atoms with Gasteiger partial charge in [0.05, 0.1) is 11.1 Å². The fourth-order valence-electron chi connectivity index (χ4n) is 3.42. The standard InChI is InChI=1S/C21H18N2O/c1-13-8-9-16-17(10-13)19(15-6-4-3-5-7-15)12-23-14(2)11-18(20(16)23)21(22)24/h3-12H,1-2H3,(H2,22,24). The molecule has 0 atom stereocenters. The molecule has 4 aromatic rings. The molecule has 0 unspecified atom stereocenters. The topological polar surface area (TPSA) is 47.5 Å². The van der Waals surface area contributed by atoms with E-state index in [9.17, 15) is 4.79 Å². The first kappa shape index (κ1) is 14.5. The third kappa shape index (κ3) is 2.09. The lowest BCUT2D eigenvalue weighted by atomic mass is 9.97. The molecular formula is C21H18N2O. The summed E-state index contributed by atoms with van der Waals surface area (Å²) in [6.07, 6.45) is 2.11. The van der Waals surface area contributed by atoms with Crippen molar-refractivity contribution in [2.75, 3.05) is 0 Å². The summed E-state index contributed by atoms with van der Waals surface area (Å²) in [7, 11) is 0. The van der Waals surface area contributed by atoms with Crippen molar-refractivity contribution >= 4 is 22.2 Å². The highest BCUT2D eigenvalue weighted by atomic mass is 16.1. The normalized spacial score (nSPS) is 11.2. The van der Waals surface area contributed by atoms with Gasteiger partial charge in [0.15, 0.2) is 0 Å². The molecule has 118 valence electrons. The second-order valence-corrected chi connectivity index (χ2v) is 6.24. The van der Waals surface area contributed by atoms with E-state index < -0.39 is 5.91 Å². The van der Waals surface area contributed by atoms with Crippen molar-refractivity contribution in [2.24, 2.45) is 5.73 Å². The number of primary amides is 1. The van der Waals surface area contributed by atoms with Gasteiger partial charge in [0.1, 0.15) is 0 Å². The lowest BCUT2D eigenvalue weighted by molar-refractivity contribution is 0.100. The van der Waals surface area contributed by atoms with Crippen molar-refractivity contribution in [3.8, 4) is 11.1 Å². The Kier molecular flexibility index (Phi) is 3.17. The number of hydrogen-bond acceptors (Lipinski definition) is 1. The minimum Gasteiger partial charge on any atom is -0.366 e. The summed E-state index contributed by atoms with van der Waals surface area (Å²) in [4.78, 5) is 11.9. The number of fused-ring (bicyclic) bond motifs is 3. The molecule has 3 heteroatoms. The number of hydrogen-bond donors (Lipinski definition) is 1. The van der Waals surface area contributed by atoms with Gasteiger partial charge in [-0.25, -0.2) is 0 Å². The predicted molar refractivity (Wildman–Crippen MR) is 98.3 cm³/mol. The monoisotopic (exact) mass is 314 g/mol. The average molecular weight is 314 g/mol. The first-order valence-corrected chi connectivity index (χ1v) is 7.96. The number of benzene rings is 2. The van der Waals surface area contributed by atoms with Crippen molar-refractivity contribution in [3.63, 3.8) is 0 Å². The smallest absolute Gasteiger partial charge is 0.250 e. The molecule has 24 heavy (non-hydrogen) atoms. The van der Waals surface area contributed by atoms with E-state index in [4.69, 9.17) is 5.73 Å². The Hall–Kier alpha value is -3.07. The molecule has 2 aromatic carbocycles.